The van der Waals surface area contributed by atoms with Gasteiger partial charge in [-0.3, -0.25) is 9.59 Å². The molecule has 1 aromatic rings. The second kappa shape index (κ2) is 9.10. The molecule has 6 nitrogen and oxygen atoms in total. The first-order chi connectivity index (χ1) is 10.1. The molecule has 0 atom stereocenters. The zero-order valence-corrected chi connectivity index (χ0v) is 12.6. The number of nitrogens with one attached hydrogen (secondary N) is 1. The van der Waals surface area contributed by atoms with Crippen LogP contribution in [0.5, 0.6) is 0 Å². The van der Waals surface area contributed by atoms with Gasteiger partial charge in [-0.15, -0.1) is 0 Å². The van der Waals surface area contributed by atoms with Crippen LogP contribution in [0.25, 0.3) is 0 Å². The highest BCUT2D eigenvalue weighted by molar-refractivity contribution is 5.97. The van der Waals surface area contributed by atoms with E-state index in [1.807, 2.05) is 12.1 Å². The van der Waals surface area contributed by atoms with Gasteiger partial charge in [-0.2, -0.15) is 0 Å². The van der Waals surface area contributed by atoms with E-state index in [0.717, 1.165) is 5.56 Å². The Balaban J connectivity index is 2.63. The molecule has 1 rings (SSSR count). The summed E-state index contributed by atoms with van der Waals surface area (Å²) in [5.41, 5.74) is 7.05. The summed E-state index contributed by atoms with van der Waals surface area (Å²) in [6, 6.07) is 7.32. The zero-order chi connectivity index (χ0) is 15.7. The predicted molar refractivity (Wildman–Crippen MR) is 81.0 cm³/mol. The number of likely N-dealkylation sites (N-methyl/N-ethyl adjacent to an activating group) is 1. The van der Waals surface area contributed by atoms with Crippen LogP contribution in [0.4, 0.5) is 0 Å². The Morgan fingerprint density at radius 3 is 2.71 bits per heavy atom. The molecule has 0 heterocycles. The van der Waals surface area contributed by atoms with Gasteiger partial charge < -0.3 is 20.7 Å². The quantitative estimate of drug-likeness (QED) is 0.662. The molecule has 2 amide bonds. The van der Waals surface area contributed by atoms with Gasteiger partial charge in [-0.25, -0.2) is 0 Å². The van der Waals surface area contributed by atoms with Gasteiger partial charge in [0.15, 0.2) is 0 Å². The first-order valence-electron chi connectivity index (χ1n) is 6.89. The normalized spacial score (nSPS) is 10.2. The minimum atomic E-state index is -0.209. The summed E-state index contributed by atoms with van der Waals surface area (Å²) < 4.78 is 4.85. The summed E-state index contributed by atoms with van der Waals surface area (Å²) in [4.78, 5) is 25.5. The van der Waals surface area contributed by atoms with Crippen LogP contribution < -0.4 is 11.1 Å². The number of carbonyl (C=O) groups is 2. The summed E-state index contributed by atoms with van der Waals surface area (Å²) in [6.07, 6.45) is 0.635. The summed E-state index contributed by atoms with van der Waals surface area (Å²) in [5, 5.41) is 2.68. The molecule has 0 aliphatic heterocycles. The van der Waals surface area contributed by atoms with E-state index in [-0.39, 0.29) is 18.4 Å². The van der Waals surface area contributed by atoms with Crippen LogP contribution in [0.1, 0.15) is 15.9 Å². The van der Waals surface area contributed by atoms with Gasteiger partial charge in [-0.1, -0.05) is 18.2 Å². The topological polar surface area (TPSA) is 84.7 Å². The van der Waals surface area contributed by atoms with Gasteiger partial charge >= 0.3 is 0 Å². The van der Waals surface area contributed by atoms with Gasteiger partial charge in [0.05, 0.1) is 13.2 Å². The molecule has 0 radical (unpaired) electrons. The van der Waals surface area contributed by atoms with Crippen molar-refractivity contribution < 1.29 is 14.3 Å². The van der Waals surface area contributed by atoms with E-state index >= 15 is 0 Å². The molecule has 0 fully saturated rings. The van der Waals surface area contributed by atoms with Gasteiger partial charge in [0.1, 0.15) is 0 Å². The fourth-order valence-corrected chi connectivity index (χ4v) is 1.94. The molecular weight excluding hydrogens is 270 g/mol. The van der Waals surface area contributed by atoms with E-state index < -0.39 is 0 Å². The maximum absolute atomic E-state index is 12.4. The molecule has 0 aromatic heterocycles. The number of carbonyl (C=O) groups excluding carboxylic acids is 2. The maximum atomic E-state index is 12.4. The van der Waals surface area contributed by atoms with Crippen molar-refractivity contribution in [2.45, 2.75) is 6.42 Å². The number of benzene rings is 1. The van der Waals surface area contributed by atoms with E-state index in [4.69, 9.17) is 10.5 Å². The van der Waals surface area contributed by atoms with Crippen LogP contribution >= 0.6 is 0 Å². The average molecular weight is 293 g/mol. The molecule has 0 aliphatic rings. The fourth-order valence-electron chi connectivity index (χ4n) is 1.94. The second-order valence-corrected chi connectivity index (χ2v) is 4.70. The highest BCUT2D eigenvalue weighted by Gasteiger charge is 2.17. The lowest BCUT2D eigenvalue weighted by atomic mass is 10.0. The number of rotatable bonds is 8. The lowest BCUT2D eigenvalue weighted by Gasteiger charge is -2.18. The highest BCUT2D eigenvalue weighted by Crippen LogP contribution is 2.11. The minimum absolute atomic E-state index is 0.0134. The van der Waals surface area contributed by atoms with Gasteiger partial charge in [-0.05, 0) is 24.6 Å². The average Bonchev–Trinajstić information content (AvgIpc) is 2.47. The predicted octanol–water partition coefficient (Wildman–Crippen LogP) is 0.0224. The Morgan fingerprint density at radius 1 is 1.33 bits per heavy atom. The third-order valence-corrected chi connectivity index (χ3v) is 3.02. The first kappa shape index (κ1) is 17.1. The molecule has 0 spiro atoms. The Kier molecular flexibility index (Phi) is 7.42. The lowest BCUT2D eigenvalue weighted by molar-refractivity contribution is -0.121. The number of hydrogen-bond acceptors (Lipinski definition) is 4. The van der Waals surface area contributed by atoms with Crippen LogP contribution in [0, 0.1) is 0 Å². The molecule has 21 heavy (non-hydrogen) atoms. The number of nitrogens with two attached hydrogens (primary N) is 1. The molecule has 0 saturated carbocycles. The molecule has 0 unspecified atom stereocenters. The second-order valence-electron chi connectivity index (χ2n) is 4.70. The summed E-state index contributed by atoms with van der Waals surface area (Å²) in [7, 11) is 3.17. The molecule has 0 saturated heterocycles. The molecule has 6 heteroatoms. The van der Waals surface area contributed by atoms with Crippen molar-refractivity contribution in [2.24, 2.45) is 5.73 Å². The number of amides is 2. The van der Waals surface area contributed by atoms with E-state index in [0.29, 0.717) is 31.7 Å². The summed E-state index contributed by atoms with van der Waals surface area (Å²) in [5.74, 6) is -0.389. The Morgan fingerprint density at radius 2 is 2.05 bits per heavy atom. The molecular formula is C15H23N3O3. The van der Waals surface area contributed by atoms with Crippen LogP contribution in [0.2, 0.25) is 0 Å². The standard InChI is InChI=1S/C15H23N3O3/c1-18(11-14(19)17-9-10-21-2)15(20)13-6-4-3-5-12(13)7-8-16/h3-6H,7-11,16H2,1-2H3,(H,17,19). The Bertz CT molecular complexity index is 477. The SMILES string of the molecule is COCCNC(=O)CN(C)C(=O)c1ccccc1CCN. The first-order valence-corrected chi connectivity index (χ1v) is 6.89. The molecule has 116 valence electrons. The van der Waals surface area contributed by atoms with Crippen LogP contribution in [-0.4, -0.2) is 57.1 Å². The van der Waals surface area contributed by atoms with Crippen molar-refractivity contribution in [1.29, 1.82) is 0 Å². The van der Waals surface area contributed by atoms with Crippen molar-refractivity contribution in [3.8, 4) is 0 Å². The summed E-state index contributed by atoms with van der Waals surface area (Å²) >= 11 is 0. The molecule has 3 N–H and O–H groups in total. The van der Waals surface area contributed by atoms with Crippen molar-refractivity contribution in [3.63, 3.8) is 0 Å². The van der Waals surface area contributed by atoms with Crippen molar-refractivity contribution in [3.05, 3.63) is 35.4 Å². The number of hydrogen-bond donors (Lipinski definition) is 2. The number of nitrogens with zero attached hydrogens (tertiary/aromatic N) is 1. The van der Waals surface area contributed by atoms with Gasteiger partial charge in [0.25, 0.3) is 5.91 Å². The van der Waals surface area contributed by atoms with Crippen LogP contribution in [0.15, 0.2) is 24.3 Å². The third kappa shape index (κ3) is 5.53. The lowest BCUT2D eigenvalue weighted by Crippen LogP contribution is -2.39. The smallest absolute Gasteiger partial charge is 0.254 e. The largest absolute Gasteiger partial charge is 0.383 e. The fraction of sp³-hybridized carbons (Fsp3) is 0.467. The van der Waals surface area contributed by atoms with E-state index in [2.05, 4.69) is 5.32 Å². The van der Waals surface area contributed by atoms with Gasteiger partial charge in [0.2, 0.25) is 5.91 Å². The van der Waals surface area contributed by atoms with E-state index in [1.165, 1.54) is 4.90 Å². The Hall–Kier alpha value is -1.92. The van der Waals surface area contributed by atoms with Crippen molar-refractivity contribution in [2.75, 3.05) is 40.4 Å². The minimum Gasteiger partial charge on any atom is -0.383 e. The zero-order valence-electron chi connectivity index (χ0n) is 12.6. The molecule has 0 aliphatic carbocycles. The molecule has 0 bridgehead atoms. The van der Waals surface area contributed by atoms with Crippen LogP contribution in [0.3, 0.4) is 0 Å². The number of methoxy groups -OCH3 is 1. The van der Waals surface area contributed by atoms with Gasteiger partial charge in [0, 0.05) is 26.3 Å². The monoisotopic (exact) mass is 293 g/mol. The van der Waals surface area contributed by atoms with E-state index in [1.54, 1.807) is 26.3 Å². The summed E-state index contributed by atoms with van der Waals surface area (Å²) in [6.45, 7) is 1.37. The molecule has 1 aromatic carbocycles. The van der Waals surface area contributed by atoms with Crippen molar-refractivity contribution in [1.82, 2.24) is 10.2 Å². The number of ether oxygens (including phenoxy) is 1. The van der Waals surface area contributed by atoms with Crippen molar-refractivity contribution >= 4 is 11.8 Å². The third-order valence-electron chi connectivity index (χ3n) is 3.02. The Labute approximate surface area is 125 Å². The highest BCUT2D eigenvalue weighted by atomic mass is 16.5. The van der Waals surface area contributed by atoms with E-state index in [9.17, 15) is 9.59 Å². The van der Waals surface area contributed by atoms with Crippen LogP contribution in [-0.2, 0) is 16.0 Å². The maximum Gasteiger partial charge on any atom is 0.254 e.